The standard InChI is InChI=1S/C24H30FN3O2/c1-30-23-10-7-18(13-21(23)25)16-26-19-8-9-22(28-11-3-2-4-12-28)20(14-19)24(29)27-15-17-5-6-17/h7-10,13-14,17,26H,2-6,11-12,15-16H2,1H3,(H,27,29). The molecule has 0 radical (unpaired) electrons. The van der Waals surface area contributed by atoms with Crippen LogP contribution in [0.15, 0.2) is 36.4 Å². The maximum Gasteiger partial charge on any atom is 0.253 e. The van der Waals surface area contributed by atoms with Crippen LogP contribution in [0.4, 0.5) is 15.8 Å². The van der Waals surface area contributed by atoms with Crippen LogP contribution < -0.4 is 20.3 Å². The van der Waals surface area contributed by atoms with Gasteiger partial charge in [-0.1, -0.05) is 6.07 Å². The van der Waals surface area contributed by atoms with Gasteiger partial charge in [0.15, 0.2) is 11.6 Å². The van der Waals surface area contributed by atoms with E-state index in [0.29, 0.717) is 18.0 Å². The summed E-state index contributed by atoms with van der Waals surface area (Å²) in [4.78, 5) is 15.3. The molecule has 2 aliphatic rings. The predicted octanol–water partition coefficient (Wildman–Crippen LogP) is 4.58. The topological polar surface area (TPSA) is 53.6 Å². The Morgan fingerprint density at radius 2 is 1.93 bits per heavy atom. The summed E-state index contributed by atoms with van der Waals surface area (Å²) in [6.07, 6.45) is 5.98. The van der Waals surface area contributed by atoms with Crippen LogP contribution in [0.5, 0.6) is 5.75 Å². The smallest absolute Gasteiger partial charge is 0.253 e. The number of rotatable bonds is 8. The van der Waals surface area contributed by atoms with Crippen molar-refractivity contribution in [1.29, 1.82) is 0 Å². The van der Waals surface area contributed by atoms with E-state index in [0.717, 1.165) is 49.4 Å². The Balaban J connectivity index is 1.50. The van der Waals surface area contributed by atoms with Crippen molar-refractivity contribution in [3.8, 4) is 5.75 Å². The molecule has 30 heavy (non-hydrogen) atoms. The summed E-state index contributed by atoms with van der Waals surface area (Å²) in [5.74, 6) is 0.483. The normalized spacial score (nSPS) is 16.3. The molecule has 2 fully saturated rings. The minimum Gasteiger partial charge on any atom is -0.494 e. The second-order valence-corrected chi connectivity index (χ2v) is 8.26. The third-order valence-electron chi connectivity index (χ3n) is 5.90. The Labute approximate surface area is 177 Å². The van der Waals surface area contributed by atoms with Crippen LogP contribution in [0.3, 0.4) is 0 Å². The number of ether oxygens (including phenoxy) is 1. The van der Waals surface area contributed by atoms with Crippen LogP contribution in [0.2, 0.25) is 0 Å². The summed E-state index contributed by atoms with van der Waals surface area (Å²) in [5, 5.41) is 6.43. The number of anilines is 2. The Hall–Kier alpha value is -2.76. The highest BCUT2D eigenvalue weighted by molar-refractivity contribution is 6.00. The Bertz CT molecular complexity index is 892. The zero-order chi connectivity index (χ0) is 20.9. The quantitative estimate of drug-likeness (QED) is 0.668. The molecule has 6 heteroatoms. The summed E-state index contributed by atoms with van der Waals surface area (Å²) in [7, 11) is 1.45. The number of hydrogen-bond acceptors (Lipinski definition) is 4. The van der Waals surface area contributed by atoms with E-state index in [1.807, 2.05) is 24.3 Å². The molecule has 2 N–H and O–H groups in total. The SMILES string of the molecule is COc1ccc(CNc2ccc(N3CCCCC3)c(C(=O)NCC3CC3)c2)cc1F. The first-order chi connectivity index (χ1) is 14.6. The number of piperidine rings is 1. The highest BCUT2D eigenvalue weighted by atomic mass is 19.1. The molecule has 1 heterocycles. The van der Waals surface area contributed by atoms with Gasteiger partial charge in [-0.15, -0.1) is 0 Å². The van der Waals surface area contributed by atoms with E-state index in [1.54, 1.807) is 6.07 Å². The van der Waals surface area contributed by atoms with Crippen molar-refractivity contribution in [2.24, 2.45) is 5.92 Å². The first kappa shape index (κ1) is 20.5. The van der Waals surface area contributed by atoms with Gasteiger partial charge in [0.05, 0.1) is 12.7 Å². The average molecular weight is 412 g/mol. The van der Waals surface area contributed by atoms with Crippen LogP contribution in [0, 0.1) is 11.7 Å². The molecule has 160 valence electrons. The molecule has 0 spiro atoms. The lowest BCUT2D eigenvalue weighted by Gasteiger charge is -2.30. The number of carbonyl (C=O) groups is 1. The highest BCUT2D eigenvalue weighted by Crippen LogP contribution is 2.30. The van der Waals surface area contributed by atoms with Crippen molar-refractivity contribution in [3.63, 3.8) is 0 Å². The monoisotopic (exact) mass is 411 g/mol. The van der Waals surface area contributed by atoms with Gasteiger partial charge < -0.3 is 20.3 Å². The Morgan fingerprint density at radius 3 is 2.63 bits per heavy atom. The molecule has 4 rings (SSSR count). The Kier molecular flexibility index (Phi) is 6.41. The van der Waals surface area contributed by atoms with E-state index >= 15 is 0 Å². The second-order valence-electron chi connectivity index (χ2n) is 8.26. The van der Waals surface area contributed by atoms with E-state index in [1.165, 1.54) is 32.4 Å². The predicted molar refractivity (Wildman–Crippen MR) is 118 cm³/mol. The number of halogens is 1. The molecule has 0 unspecified atom stereocenters. The second kappa shape index (κ2) is 9.37. The Morgan fingerprint density at radius 1 is 1.13 bits per heavy atom. The van der Waals surface area contributed by atoms with Crippen molar-refractivity contribution in [2.75, 3.05) is 37.0 Å². The number of nitrogens with zero attached hydrogens (tertiary/aromatic N) is 1. The zero-order valence-corrected chi connectivity index (χ0v) is 17.5. The van der Waals surface area contributed by atoms with E-state index in [2.05, 4.69) is 15.5 Å². The summed E-state index contributed by atoms with van der Waals surface area (Å²) >= 11 is 0. The molecule has 1 aliphatic heterocycles. The maximum absolute atomic E-state index is 13.9. The lowest BCUT2D eigenvalue weighted by atomic mass is 10.1. The van der Waals surface area contributed by atoms with Crippen LogP contribution in [0.25, 0.3) is 0 Å². The van der Waals surface area contributed by atoms with Gasteiger partial charge in [-0.3, -0.25) is 4.79 Å². The summed E-state index contributed by atoms with van der Waals surface area (Å²) in [6, 6.07) is 10.9. The minimum atomic E-state index is -0.377. The number of benzene rings is 2. The fraction of sp³-hybridized carbons (Fsp3) is 0.458. The van der Waals surface area contributed by atoms with Crippen molar-refractivity contribution in [3.05, 3.63) is 53.3 Å². The number of amides is 1. The lowest BCUT2D eigenvalue weighted by Crippen LogP contribution is -2.33. The van der Waals surface area contributed by atoms with Crippen LogP contribution in [-0.4, -0.2) is 32.7 Å². The largest absolute Gasteiger partial charge is 0.494 e. The van der Waals surface area contributed by atoms with Gasteiger partial charge in [0.1, 0.15) is 0 Å². The molecular weight excluding hydrogens is 381 g/mol. The van der Waals surface area contributed by atoms with Crippen molar-refractivity contribution in [1.82, 2.24) is 5.32 Å². The highest BCUT2D eigenvalue weighted by Gasteiger charge is 2.24. The average Bonchev–Trinajstić information content (AvgIpc) is 3.61. The molecular formula is C24H30FN3O2. The molecule has 1 amide bonds. The number of nitrogens with one attached hydrogen (secondary N) is 2. The third-order valence-corrected chi connectivity index (χ3v) is 5.90. The first-order valence-electron chi connectivity index (χ1n) is 10.9. The summed E-state index contributed by atoms with van der Waals surface area (Å²) < 4.78 is 18.9. The fourth-order valence-corrected chi connectivity index (χ4v) is 3.92. The van der Waals surface area contributed by atoms with E-state index in [-0.39, 0.29) is 17.5 Å². The zero-order valence-electron chi connectivity index (χ0n) is 17.5. The van der Waals surface area contributed by atoms with Crippen LogP contribution in [0.1, 0.15) is 48.0 Å². The van der Waals surface area contributed by atoms with Crippen LogP contribution >= 0.6 is 0 Å². The molecule has 0 aromatic heterocycles. The number of carbonyl (C=O) groups excluding carboxylic acids is 1. The molecule has 1 saturated carbocycles. The molecule has 2 aromatic rings. The molecule has 5 nitrogen and oxygen atoms in total. The van der Waals surface area contributed by atoms with Crippen molar-refractivity contribution < 1.29 is 13.9 Å². The number of methoxy groups -OCH3 is 1. The minimum absolute atomic E-state index is 0.0124. The summed E-state index contributed by atoms with van der Waals surface area (Å²) in [5.41, 5.74) is 3.38. The number of hydrogen-bond donors (Lipinski definition) is 2. The molecule has 0 bridgehead atoms. The van der Waals surface area contributed by atoms with Crippen molar-refractivity contribution in [2.45, 2.75) is 38.6 Å². The van der Waals surface area contributed by atoms with Gasteiger partial charge in [-0.05, 0) is 73.9 Å². The van der Waals surface area contributed by atoms with Gasteiger partial charge in [-0.25, -0.2) is 4.39 Å². The molecule has 1 saturated heterocycles. The summed E-state index contributed by atoms with van der Waals surface area (Å²) in [6.45, 7) is 3.19. The van der Waals surface area contributed by atoms with Gasteiger partial charge in [0.2, 0.25) is 0 Å². The van der Waals surface area contributed by atoms with Crippen LogP contribution in [-0.2, 0) is 6.54 Å². The van der Waals surface area contributed by atoms with Gasteiger partial charge in [0, 0.05) is 37.6 Å². The fourth-order valence-electron chi connectivity index (χ4n) is 3.92. The van der Waals surface area contributed by atoms with Gasteiger partial charge in [-0.2, -0.15) is 0 Å². The van der Waals surface area contributed by atoms with E-state index in [4.69, 9.17) is 4.74 Å². The van der Waals surface area contributed by atoms with E-state index in [9.17, 15) is 9.18 Å². The third kappa shape index (κ3) is 5.04. The van der Waals surface area contributed by atoms with Gasteiger partial charge in [0.25, 0.3) is 5.91 Å². The molecule has 2 aromatic carbocycles. The first-order valence-corrected chi connectivity index (χ1v) is 10.9. The van der Waals surface area contributed by atoms with E-state index < -0.39 is 0 Å². The maximum atomic E-state index is 13.9. The molecule has 1 aliphatic carbocycles. The van der Waals surface area contributed by atoms with Gasteiger partial charge >= 0.3 is 0 Å². The lowest BCUT2D eigenvalue weighted by molar-refractivity contribution is 0.0952. The molecule has 0 atom stereocenters. The van der Waals surface area contributed by atoms with Crippen molar-refractivity contribution >= 4 is 17.3 Å².